The lowest BCUT2D eigenvalue weighted by molar-refractivity contribution is 0.414. The molecule has 2 N–H and O–H groups in total. The summed E-state index contributed by atoms with van der Waals surface area (Å²) in [6.45, 7) is 0. The molecule has 0 aliphatic heterocycles. The smallest absolute Gasteiger partial charge is 0.123 e. The molecule has 34 heavy (non-hydrogen) atoms. The van der Waals surface area contributed by atoms with Gasteiger partial charge in [-0.15, -0.1) is 0 Å². The lowest BCUT2D eigenvalue weighted by Gasteiger charge is -2.12. The molecule has 0 aliphatic carbocycles. The second-order valence-electron chi connectivity index (χ2n) is 8.40. The molecule has 0 saturated carbocycles. The van der Waals surface area contributed by atoms with Crippen LogP contribution in [-0.4, -0.2) is 24.4 Å². The van der Waals surface area contributed by atoms with Crippen molar-refractivity contribution in [1.29, 1.82) is 0 Å². The summed E-state index contributed by atoms with van der Waals surface area (Å²) in [6.07, 6.45) is 3.42. The quantitative estimate of drug-likeness (QED) is 0.309. The normalized spacial score (nSPS) is 10.8. The Hall–Kier alpha value is -3.92. The van der Waals surface area contributed by atoms with Crippen LogP contribution in [0.3, 0.4) is 0 Å². The van der Waals surface area contributed by atoms with Crippen molar-refractivity contribution in [3.8, 4) is 34.1 Å². The number of ether oxygens (including phenoxy) is 2. The van der Waals surface area contributed by atoms with Gasteiger partial charge in [-0.3, -0.25) is 0 Å². The van der Waals surface area contributed by atoms with Gasteiger partial charge in [-0.2, -0.15) is 0 Å². The lowest BCUT2D eigenvalue weighted by atomic mass is 9.95. The van der Waals surface area contributed by atoms with Crippen LogP contribution in [-0.2, 0) is 25.7 Å². The Bertz CT molecular complexity index is 1130. The average molecular weight is 455 g/mol. The minimum absolute atomic E-state index is 0.163. The van der Waals surface area contributed by atoms with Crippen molar-refractivity contribution in [2.75, 3.05) is 14.2 Å². The average Bonchev–Trinajstić information content (AvgIpc) is 2.88. The van der Waals surface area contributed by atoms with Crippen LogP contribution in [0, 0.1) is 0 Å². The maximum absolute atomic E-state index is 10.6. The summed E-state index contributed by atoms with van der Waals surface area (Å²) in [4.78, 5) is 0. The molecule has 0 saturated heterocycles. The number of phenols is 2. The predicted octanol–water partition coefficient (Wildman–Crippen LogP) is 6.35. The topological polar surface area (TPSA) is 58.9 Å². The zero-order valence-corrected chi connectivity index (χ0v) is 19.6. The molecule has 0 radical (unpaired) electrons. The Morgan fingerprint density at radius 2 is 0.794 bits per heavy atom. The molecule has 0 heterocycles. The molecule has 4 rings (SSSR count). The molecule has 0 fully saturated rings. The Balaban J connectivity index is 1.49. The van der Waals surface area contributed by atoms with E-state index in [1.54, 1.807) is 26.4 Å². The number of benzene rings is 4. The van der Waals surface area contributed by atoms with E-state index in [2.05, 4.69) is 24.3 Å². The molecule has 174 valence electrons. The highest BCUT2D eigenvalue weighted by atomic mass is 16.5. The van der Waals surface area contributed by atoms with Crippen LogP contribution >= 0.6 is 0 Å². The largest absolute Gasteiger partial charge is 0.507 e. The molecule has 4 nitrogen and oxygen atoms in total. The summed E-state index contributed by atoms with van der Waals surface area (Å²) in [6, 6.07) is 27.4. The molecule has 0 bridgehead atoms. The van der Waals surface area contributed by atoms with Gasteiger partial charge in [0.2, 0.25) is 0 Å². The van der Waals surface area contributed by atoms with Crippen molar-refractivity contribution in [2.45, 2.75) is 25.7 Å². The molecule has 4 heteroatoms. The number of aromatic hydroxyl groups is 2. The molecule has 4 aromatic carbocycles. The predicted molar refractivity (Wildman–Crippen MR) is 136 cm³/mol. The third kappa shape index (κ3) is 5.70. The fourth-order valence-electron chi connectivity index (χ4n) is 4.07. The van der Waals surface area contributed by atoms with Gasteiger partial charge in [0.1, 0.15) is 23.0 Å². The summed E-state index contributed by atoms with van der Waals surface area (Å²) in [5.41, 5.74) is 5.95. The lowest BCUT2D eigenvalue weighted by Crippen LogP contribution is -1.94. The minimum atomic E-state index is 0.163. The zero-order valence-electron chi connectivity index (χ0n) is 19.6. The standard InChI is InChI=1S/C30H30O4/c1-33-25-13-7-21(8-14-25)3-5-23-11-17-29(31)27(19-23)28-20-24(12-18-30(28)32)6-4-22-9-15-26(34-2)16-10-22/h7-20,31-32H,3-6H2,1-2H3. The van der Waals surface area contributed by atoms with Crippen molar-refractivity contribution in [2.24, 2.45) is 0 Å². The monoisotopic (exact) mass is 454 g/mol. The molecule has 0 aromatic heterocycles. The van der Waals surface area contributed by atoms with E-state index in [9.17, 15) is 10.2 Å². The highest BCUT2D eigenvalue weighted by molar-refractivity contribution is 5.76. The molecular weight excluding hydrogens is 424 g/mol. The Morgan fingerprint density at radius 1 is 0.471 bits per heavy atom. The van der Waals surface area contributed by atoms with E-state index in [-0.39, 0.29) is 11.5 Å². The fraction of sp³-hybridized carbons (Fsp3) is 0.200. The van der Waals surface area contributed by atoms with Crippen LogP contribution in [0.5, 0.6) is 23.0 Å². The summed E-state index contributed by atoms with van der Waals surface area (Å²) in [5, 5.41) is 21.1. The molecule has 4 aromatic rings. The molecular formula is C30H30O4. The fourth-order valence-corrected chi connectivity index (χ4v) is 4.07. The van der Waals surface area contributed by atoms with E-state index >= 15 is 0 Å². The maximum Gasteiger partial charge on any atom is 0.123 e. The van der Waals surface area contributed by atoms with Crippen LogP contribution in [0.1, 0.15) is 22.3 Å². The van der Waals surface area contributed by atoms with Gasteiger partial charge in [0.25, 0.3) is 0 Å². The van der Waals surface area contributed by atoms with Crippen LogP contribution in [0.25, 0.3) is 11.1 Å². The van der Waals surface area contributed by atoms with Gasteiger partial charge >= 0.3 is 0 Å². The third-order valence-electron chi connectivity index (χ3n) is 6.13. The van der Waals surface area contributed by atoms with Gasteiger partial charge in [0.15, 0.2) is 0 Å². The third-order valence-corrected chi connectivity index (χ3v) is 6.13. The van der Waals surface area contributed by atoms with Gasteiger partial charge in [-0.05, 0) is 96.5 Å². The number of methoxy groups -OCH3 is 2. The van der Waals surface area contributed by atoms with Crippen LogP contribution in [0.15, 0.2) is 84.9 Å². The molecule has 0 unspecified atom stereocenters. The van der Waals surface area contributed by atoms with Crippen molar-refractivity contribution < 1.29 is 19.7 Å². The summed E-state index contributed by atoms with van der Waals surface area (Å²) < 4.78 is 10.5. The molecule has 0 spiro atoms. The van der Waals surface area contributed by atoms with E-state index < -0.39 is 0 Å². The van der Waals surface area contributed by atoms with E-state index in [1.807, 2.05) is 48.5 Å². The highest BCUT2D eigenvalue weighted by Gasteiger charge is 2.12. The van der Waals surface area contributed by atoms with E-state index in [1.165, 1.54) is 11.1 Å². The maximum atomic E-state index is 10.6. The Labute approximate surface area is 201 Å². The number of hydrogen-bond donors (Lipinski definition) is 2. The molecule has 0 amide bonds. The second-order valence-corrected chi connectivity index (χ2v) is 8.40. The number of rotatable bonds is 9. The van der Waals surface area contributed by atoms with Gasteiger partial charge in [0.05, 0.1) is 14.2 Å². The van der Waals surface area contributed by atoms with Crippen molar-refractivity contribution in [3.05, 3.63) is 107 Å². The highest BCUT2D eigenvalue weighted by Crippen LogP contribution is 2.37. The first-order valence-electron chi connectivity index (χ1n) is 11.5. The number of aryl methyl sites for hydroxylation is 4. The van der Waals surface area contributed by atoms with Crippen LogP contribution < -0.4 is 9.47 Å². The second kappa shape index (κ2) is 10.8. The Kier molecular flexibility index (Phi) is 7.38. The van der Waals surface area contributed by atoms with Crippen molar-refractivity contribution >= 4 is 0 Å². The van der Waals surface area contributed by atoms with Gasteiger partial charge in [-0.1, -0.05) is 36.4 Å². The first-order valence-corrected chi connectivity index (χ1v) is 11.5. The molecule has 0 atom stereocenters. The van der Waals surface area contributed by atoms with Crippen molar-refractivity contribution in [1.82, 2.24) is 0 Å². The van der Waals surface area contributed by atoms with Gasteiger partial charge < -0.3 is 19.7 Å². The summed E-state index contributed by atoms with van der Waals surface area (Å²) in [5.74, 6) is 2.02. The zero-order chi connectivity index (χ0) is 23.9. The van der Waals surface area contributed by atoms with E-state index in [0.29, 0.717) is 11.1 Å². The Morgan fingerprint density at radius 3 is 1.15 bits per heavy atom. The summed E-state index contributed by atoms with van der Waals surface area (Å²) in [7, 11) is 3.33. The molecule has 0 aliphatic rings. The SMILES string of the molecule is COc1ccc(CCc2ccc(O)c(-c3cc(CCc4ccc(OC)cc4)ccc3O)c2)cc1. The summed E-state index contributed by atoms with van der Waals surface area (Å²) >= 11 is 0. The first-order chi connectivity index (χ1) is 16.6. The van der Waals surface area contributed by atoms with Gasteiger partial charge in [0, 0.05) is 11.1 Å². The number of hydrogen-bond acceptors (Lipinski definition) is 4. The first kappa shape index (κ1) is 23.2. The van der Waals surface area contributed by atoms with E-state index in [0.717, 1.165) is 48.3 Å². The number of phenolic OH excluding ortho intramolecular Hbond substituents is 2. The van der Waals surface area contributed by atoms with Gasteiger partial charge in [-0.25, -0.2) is 0 Å². The minimum Gasteiger partial charge on any atom is -0.507 e. The van der Waals surface area contributed by atoms with Crippen molar-refractivity contribution in [3.63, 3.8) is 0 Å². The van der Waals surface area contributed by atoms with E-state index in [4.69, 9.17) is 9.47 Å². The van der Waals surface area contributed by atoms with Crippen LogP contribution in [0.2, 0.25) is 0 Å². The van der Waals surface area contributed by atoms with Crippen LogP contribution in [0.4, 0.5) is 0 Å².